The lowest BCUT2D eigenvalue weighted by Crippen LogP contribution is -2.67. The van der Waals surface area contributed by atoms with Crippen LogP contribution in [0, 0.1) is 0 Å². The van der Waals surface area contributed by atoms with Crippen LogP contribution in [0.4, 0.5) is 0 Å². The third-order valence-corrected chi connectivity index (χ3v) is 18.5. The molecule has 0 unspecified atom stereocenters. The Morgan fingerprint density at radius 2 is 0.810 bits per heavy atom. The van der Waals surface area contributed by atoms with Crippen LogP contribution in [0.5, 0.6) is 0 Å². The maximum absolute atomic E-state index is 6.46. The number of hydrogen-bond acceptors (Lipinski definition) is 3. The molecule has 0 spiro atoms. The number of alkyl halides is 3. The maximum atomic E-state index is 6.46. The first-order valence-corrected chi connectivity index (χ1v) is 16.8. The largest absolute Gasteiger partial charge is 0.416 e. The van der Waals surface area contributed by atoms with Crippen molar-refractivity contribution in [1.82, 2.24) is 0 Å². The van der Waals surface area contributed by atoms with Crippen molar-refractivity contribution in [3.8, 4) is 0 Å². The van der Waals surface area contributed by atoms with E-state index in [-0.39, 0.29) is 0 Å². The van der Waals surface area contributed by atoms with Gasteiger partial charge in [0.25, 0.3) is 0 Å². The molecule has 0 aromatic carbocycles. The second-order valence-electron chi connectivity index (χ2n) is 6.09. The Bertz CT molecular complexity index is 270. The fourth-order valence-electron chi connectivity index (χ4n) is 2.90. The molecule has 0 N–H and O–H groups in total. The van der Waals surface area contributed by atoms with E-state index in [4.69, 9.17) is 47.1 Å². The lowest BCUT2D eigenvalue weighted by atomic mass is 10.6. The molecule has 0 saturated carbocycles. The molecule has 0 bridgehead atoms. The molecule has 3 nitrogen and oxygen atoms in total. The van der Waals surface area contributed by atoms with Gasteiger partial charge < -0.3 is 12.3 Å². The summed E-state index contributed by atoms with van der Waals surface area (Å²) in [5.74, 6) is 1.95. The summed E-state index contributed by atoms with van der Waals surface area (Å²) >= 11 is 17.6. The zero-order valence-electron chi connectivity index (χ0n) is 13.2. The highest BCUT2D eigenvalue weighted by atomic mass is 35.5. The van der Waals surface area contributed by atoms with Crippen molar-refractivity contribution in [2.75, 3.05) is 17.6 Å². The first-order valence-electron chi connectivity index (χ1n) is 7.59. The molecule has 1 saturated heterocycles. The van der Waals surface area contributed by atoms with E-state index in [9.17, 15) is 0 Å². The van der Waals surface area contributed by atoms with Crippen molar-refractivity contribution in [2.45, 2.75) is 57.0 Å². The molecule has 1 fully saturated rings. The third kappa shape index (κ3) is 6.81. The third-order valence-electron chi connectivity index (χ3n) is 3.59. The predicted octanol–water partition coefficient (Wildman–Crippen LogP) is 5.15. The van der Waals surface area contributed by atoms with E-state index in [1.54, 1.807) is 0 Å². The summed E-state index contributed by atoms with van der Waals surface area (Å²) in [5.41, 5.74) is 0. The summed E-state index contributed by atoms with van der Waals surface area (Å²) in [5, 5.41) is 0. The second kappa shape index (κ2) is 9.03. The van der Waals surface area contributed by atoms with Gasteiger partial charge in [-0.2, -0.15) is 0 Å². The molecule has 1 rings (SSSR count). The topological polar surface area (TPSA) is 27.7 Å². The molecule has 0 aliphatic carbocycles. The first-order chi connectivity index (χ1) is 9.80. The van der Waals surface area contributed by atoms with Gasteiger partial charge in [-0.25, -0.2) is 0 Å². The molecule has 0 aromatic heterocycles. The van der Waals surface area contributed by atoms with Crippen LogP contribution in [-0.4, -0.2) is 43.3 Å². The first kappa shape index (κ1) is 20.4. The maximum Gasteiger partial charge on any atom is 0.317 e. The lowest BCUT2D eigenvalue weighted by molar-refractivity contribution is 0.221. The van der Waals surface area contributed by atoms with Gasteiger partial charge >= 0.3 is 25.7 Å². The summed E-state index contributed by atoms with van der Waals surface area (Å²) in [7, 11) is -6.60. The molecular formula is C12H27Cl3O3Si3. The summed E-state index contributed by atoms with van der Waals surface area (Å²) in [6, 6.07) is 2.81. The van der Waals surface area contributed by atoms with E-state index in [1.807, 2.05) is 0 Å². The summed E-state index contributed by atoms with van der Waals surface area (Å²) in [6.45, 7) is 6.50. The van der Waals surface area contributed by atoms with Gasteiger partial charge in [0.2, 0.25) is 0 Å². The van der Waals surface area contributed by atoms with Crippen LogP contribution in [0.1, 0.15) is 19.3 Å². The van der Waals surface area contributed by atoms with Crippen molar-refractivity contribution in [1.29, 1.82) is 0 Å². The molecular weight excluding hydrogens is 383 g/mol. The van der Waals surface area contributed by atoms with Crippen LogP contribution in [0.15, 0.2) is 0 Å². The minimum Gasteiger partial charge on any atom is -0.416 e. The van der Waals surface area contributed by atoms with Crippen LogP contribution in [-0.2, 0) is 12.3 Å². The van der Waals surface area contributed by atoms with Gasteiger partial charge in [-0.05, 0) is 57.0 Å². The second-order valence-corrected chi connectivity index (χ2v) is 18.0. The Hall–Kier alpha value is 1.40. The molecule has 1 heterocycles. The monoisotopic (exact) mass is 408 g/mol. The fourth-order valence-corrected chi connectivity index (χ4v) is 21.5. The van der Waals surface area contributed by atoms with Crippen molar-refractivity contribution < 1.29 is 12.3 Å². The molecule has 9 heteroatoms. The Balaban J connectivity index is 2.86. The molecule has 0 atom stereocenters. The Morgan fingerprint density at radius 1 is 0.571 bits per heavy atom. The number of rotatable bonds is 9. The minimum atomic E-state index is -2.20. The van der Waals surface area contributed by atoms with Gasteiger partial charge in [0.15, 0.2) is 0 Å². The van der Waals surface area contributed by atoms with Gasteiger partial charge in [-0.15, -0.1) is 34.8 Å². The predicted molar refractivity (Wildman–Crippen MR) is 98.5 cm³/mol. The SMILES string of the molecule is C[Si]1(CCCCl)O[Si](C)(CCCCl)O[Si](C)(CCCCl)O1. The molecule has 21 heavy (non-hydrogen) atoms. The van der Waals surface area contributed by atoms with Crippen LogP contribution in [0.25, 0.3) is 0 Å². The summed E-state index contributed by atoms with van der Waals surface area (Å²) in [4.78, 5) is 0. The average Bonchev–Trinajstić information content (AvgIpc) is 2.39. The normalized spacial score (nSPS) is 36.9. The zero-order valence-corrected chi connectivity index (χ0v) is 18.5. The van der Waals surface area contributed by atoms with Crippen molar-refractivity contribution >= 4 is 60.5 Å². The molecule has 0 aromatic rings. The molecule has 126 valence electrons. The van der Waals surface area contributed by atoms with Gasteiger partial charge in [0, 0.05) is 17.6 Å². The smallest absolute Gasteiger partial charge is 0.317 e. The molecule has 1 aliphatic rings. The van der Waals surface area contributed by atoms with Crippen LogP contribution >= 0.6 is 34.8 Å². The van der Waals surface area contributed by atoms with E-state index in [0.29, 0.717) is 17.6 Å². The van der Waals surface area contributed by atoms with Crippen LogP contribution in [0.2, 0.25) is 37.8 Å². The van der Waals surface area contributed by atoms with Crippen molar-refractivity contribution in [2.24, 2.45) is 0 Å². The van der Waals surface area contributed by atoms with E-state index >= 15 is 0 Å². The van der Waals surface area contributed by atoms with Gasteiger partial charge in [0.05, 0.1) is 0 Å². The average molecular weight is 410 g/mol. The Morgan fingerprint density at radius 3 is 1.00 bits per heavy atom. The molecule has 1 aliphatic heterocycles. The molecule has 0 radical (unpaired) electrons. The van der Waals surface area contributed by atoms with E-state index < -0.39 is 25.7 Å². The zero-order chi connectivity index (χ0) is 16.0. The standard InChI is InChI=1S/C12H27Cl3O3Si3/c1-19(10-4-7-13)16-20(2,11-5-8-14)18-21(3,17-19)12-6-9-15/h4-12H2,1-3H3. The van der Waals surface area contributed by atoms with Crippen molar-refractivity contribution in [3.05, 3.63) is 0 Å². The number of halogens is 3. The van der Waals surface area contributed by atoms with E-state index in [2.05, 4.69) is 19.6 Å². The van der Waals surface area contributed by atoms with E-state index in [1.165, 1.54) is 0 Å². The fraction of sp³-hybridized carbons (Fsp3) is 1.00. The quantitative estimate of drug-likeness (QED) is 0.389. The van der Waals surface area contributed by atoms with Gasteiger partial charge in [-0.1, -0.05) is 0 Å². The molecule has 0 amide bonds. The van der Waals surface area contributed by atoms with E-state index in [0.717, 1.165) is 37.4 Å². The highest BCUT2D eigenvalue weighted by Crippen LogP contribution is 2.38. The summed E-state index contributed by atoms with van der Waals surface area (Å²) < 4.78 is 19.4. The van der Waals surface area contributed by atoms with Crippen LogP contribution < -0.4 is 0 Å². The minimum absolute atomic E-state index is 0.649. The van der Waals surface area contributed by atoms with Gasteiger partial charge in [-0.3, -0.25) is 0 Å². The Kier molecular flexibility index (Phi) is 8.79. The highest BCUT2D eigenvalue weighted by molar-refractivity contribution is 6.93. The lowest BCUT2D eigenvalue weighted by Gasteiger charge is -2.50. The van der Waals surface area contributed by atoms with Crippen molar-refractivity contribution in [3.63, 3.8) is 0 Å². The highest BCUT2D eigenvalue weighted by Gasteiger charge is 2.55. The summed E-state index contributed by atoms with van der Waals surface area (Å²) in [6.07, 6.45) is 2.80. The van der Waals surface area contributed by atoms with Gasteiger partial charge in [0.1, 0.15) is 0 Å². The van der Waals surface area contributed by atoms with Crippen LogP contribution in [0.3, 0.4) is 0 Å². The number of hydrogen-bond donors (Lipinski definition) is 0. The Labute approximate surface area is 147 Å².